The summed E-state index contributed by atoms with van der Waals surface area (Å²) in [5.74, 6) is 1.84. The maximum absolute atomic E-state index is 12.1. The standard InChI is InChI=1S/C13H20N2O2/c1-8-4-7-11(17-8)9(2)15-12(16)13(3,14)10-5-6-10/h4,7,9-10H,5-6,14H2,1-3H3,(H,15,16). The Kier molecular flexibility index (Phi) is 3.00. The van der Waals surface area contributed by atoms with E-state index in [1.165, 1.54) is 0 Å². The molecule has 0 bridgehead atoms. The second-order valence-corrected chi connectivity index (χ2v) is 5.20. The number of nitrogens with one attached hydrogen (secondary N) is 1. The molecule has 4 heteroatoms. The third kappa shape index (κ3) is 2.52. The molecule has 17 heavy (non-hydrogen) atoms. The highest BCUT2D eigenvalue weighted by atomic mass is 16.3. The Bertz CT molecular complexity index is 419. The predicted octanol–water partition coefficient (Wildman–Crippen LogP) is 1.89. The third-order valence-corrected chi connectivity index (χ3v) is 3.45. The molecule has 4 nitrogen and oxygen atoms in total. The molecule has 3 N–H and O–H groups in total. The molecule has 1 saturated carbocycles. The molecule has 2 rings (SSSR count). The van der Waals surface area contributed by atoms with Crippen LogP contribution >= 0.6 is 0 Å². The molecule has 1 fully saturated rings. The summed E-state index contributed by atoms with van der Waals surface area (Å²) in [6.45, 7) is 5.59. The average Bonchev–Trinajstić information content (AvgIpc) is 3.02. The van der Waals surface area contributed by atoms with Crippen molar-refractivity contribution in [1.29, 1.82) is 0 Å². The van der Waals surface area contributed by atoms with Crippen molar-refractivity contribution < 1.29 is 9.21 Å². The molecule has 1 aromatic rings. The van der Waals surface area contributed by atoms with E-state index in [1.54, 1.807) is 6.92 Å². The van der Waals surface area contributed by atoms with Crippen molar-refractivity contribution >= 4 is 5.91 Å². The molecule has 0 radical (unpaired) electrons. The van der Waals surface area contributed by atoms with Gasteiger partial charge >= 0.3 is 0 Å². The Morgan fingerprint density at radius 1 is 1.59 bits per heavy atom. The van der Waals surface area contributed by atoms with Crippen molar-refractivity contribution in [2.24, 2.45) is 11.7 Å². The molecule has 0 aromatic carbocycles. The minimum absolute atomic E-state index is 0.0958. The van der Waals surface area contributed by atoms with E-state index >= 15 is 0 Å². The average molecular weight is 236 g/mol. The van der Waals surface area contributed by atoms with Crippen molar-refractivity contribution in [2.45, 2.75) is 45.2 Å². The van der Waals surface area contributed by atoms with E-state index in [0.717, 1.165) is 24.4 Å². The molecule has 0 spiro atoms. The first-order valence-corrected chi connectivity index (χ1v) is 6.07. The first-order valence-electron chi connectivity index (χ1n) is 6.07. The lowest BCUT2D eigenvalue weighted by Crippen LogP contribution is -2.53. The summed E-state index contributed by atoms with van der Waals surface area (Å²) in [5.41, 5.74) is 5.30. The number of carbonyl (C=O) groups excluding carboxylic acids is 1. The SMILES string of the molecule is Cc1ccc(C(C)NC(=O)C(C)(N)C2CC2)o1. The van der Waals surface area contributed by atoms with Crippen LogP contribution in [0.15, 0.2) is 16.5 Å². The Hall–Kier alpha value is -1.29. The van der Waals surface area contributed by atoms with Crippen molar-refractivity contribution in [2.75, 3.05) is 0 Å². The van der Waals surface area contributed by atoms with E-state index in [9.17, 15) is 4.79 Å². The van der Waals surface area contributed by atoms with Crippen LogP contribution in [0.3, 0.4) is 0 Å². The number of carbonyl (C=O) groups is 1. The van der Waals surface area contributed by atoms with Crippen LogP contribution in [-0.2, 0) is 4.79 Å². The Morgan fingerprint density at radius 3 is 2.71 bits per heavy atom. The van der Waals surface area contributed by atoms with Crippen molar-refractivity contribution in [3.63, 3.8) is 0 Å². The van der Waals surface area contributed by atoms with Gasteiger partial charge in [-0.05, 0) is 51.7 Å². The zero-order chi connectivity index (χ0) is 12.6. The number of hydrogen-bond donors (Lipinski definition) is 2. The van der Waals surface area contributed by atoms with Crippen LogP contribution in [0.1, 0.15) is 44.3 Å². The minimum Gasteiger partial charge on any atom is -0.464 e. The normalized spacial score (nSPS) is 20.7. The molecule has 1 heterocycles. The molecule has 0 saturated heterocycles. The van der Waals surface area contributed by atoms with Crippen LogP contribution in [0.25, 0.3) is 0 Å². The molecule has 2 unspecified atom stereocenters. The van der Waals surface area contributed by atoms with Gasteiger partial charge in [0.15, 0.2) is 0 Å². The number of nitrogens with two attached hydrogens (primary N) is 1. The van der Waals surface area contributed by atoms with Gasteiger partial charge in [-0.15, -0.1) is 0 Å². The summed E-state index contributed by atoms with van der Waals surface area (Å²) >= 11 is 0. The smallest absolute Gasteiger partial charge is 0.240 e. The Morgan fingerprint density at radius 2 is 2.24 bits per heavy atom. The number of rotatable bonds is 4. The van der Waals surface area contributed by atoms with Gasteiger partial charge in [0.25, 0.3) is 0 Å². The molecular formula is C13H20N2O2. The van der Waals surface area contributed by atoms with Gasteiger partial charge in [0.2, 0.25) is 5.91 Å². The van der Waals surface area contributed by atoms with Gasteiger partial charge in [0, 0.05) is 0 Å². The van der Waals surface area contributed by atoms with Crippen molar-refractivity contribution in [3.05, 3.63) is 23.7 Å². The van der Waals surface area contributed by atoms with Gasteiger partial charge in [-0.1, -0.05) is 0 Å². The summed E-state index contributed by atoms with van der Waals surface area (Å²) in [7, 11) is 0. The lowest BCUT2D eigenvalue weighted by molar-refractivity contribution is -0.127. The fourth-order valence-electron chi connectivity index (χ4n) is 1.98. The van der Waals surface area contributed by atoms with Crippen LogP contribution in [0.2, 0.25) is 0 Å². The maximum Gasteiger partial charge on any atom is 0.240 e. The molecule has 94 valence electrons. The molecule has 2 atom stereocenters. The first kappa shape index (κ1) is 12.2. The van der Waals surface area contributed by atoms with Crippen LogP contribution in [-0.4, -0.2) is 11.4 Å². The number of amides is 1. The maximum atomic E-state index is 12.1. The molecule has 1 aromatic heterocycles. The summed E-state index contributed by atoms with van der Waals surface area (Å²) in [5, 5.41) is 2.91. The van der Waals surface area contributed by atoms with Crippen LogP contribution in [0, 0.1) is 12.8 Å². The summed E-state index contributed by atoms with van der Waals surface area (Å²) in [4.78, 5) is 12.1. The second-order valence-electron chi connectivity index (χ2n) is 5.20. The highest BCUT2D eigenvalue weighted by Crippen LogP contribution is 2.38. The van der Waals surface area contributed by atoms with E-state index in [4.69, 9.17) is 10.2 Å². The largest absolute Gasteiger partial charge is 0.464 e. The zero-order valence-corrected chi connectivity index (χ0v) is 10.6. The summed E-state index contributed by atoms with van der Waals surface area (Å²) in [6, 6.07) is 3.63. The van der Waals surface area contributed by atoms with Crippen LogP contribution in [0.5, 0.6) is 0 Å². The molecule has 1 aliphatic carbocycles. The molecule has 1 aliphatic rings. The van der Waals surface area contributed by atoms with E-state index in [0.29, 0.717) is 5.92 Å². The van der Waals surface area contributed by atoms with E-state index in [2.05, 4.69) is 5.32 Å². The molecule has 1 amide bonds. The van der Waals surface area contributed by atoms with Gasteiger partial charge in [-0.3, -0.25) is 4.79 Å². The summed E-state index contributed by atoms with van der Waals surface area (Å²) in [6.07, 6.45) is 2.10. The van der Waals surface area contributed by atoms with Crippen molar-refractivity contribution in [3.8, 4) is 0 Å². The number of hydrogen-bond acceptors (Lipinski definition) is 3. The lowest BCUT2D eigenvalue weighted by Gasteiger charge is -2.25. The Balaban J connectivity index is 1.98. The minimum atomic E-state index is -0.754. The molecule has 0 aliphatic heterocycles. The van der Waals surface area contributed by atoms with E-state index in [1.807, 2.05) is 26.0 Å². The highest BCUT2D eigenvalue weighted by Gasteiger charge is 2.44. The summed E-state index contributed by atoms with van der Waals surface area (Å²) < 4.78 is 5.48. The van der Waals surface area contributed by atoms with E-state index in [-0.39, 0.29) is 11.9 Å². The van der Waals surface area contributed by atoms with Crippen LogP contribution < -0.4 is 11.1 Å². The van der Waals surface area contributed by atoms with Gasteiger partial charge in [-0.25, -0.2) is 0 Å². The van der Waals surface area contributed by atoms with Gasteiger partial charge in [0.1, 0.15) is 11.5 Å². The van der Waals surface area contributed by atoms with Crippen LogP contribution in [0.4, 0.5) is 0 Å². The number of aryl methyl sites for hydroxylation is 1. The fraction of sp³-hybridized carbons (Fsp3) is 0.615. The monoisotopic (exact) mass is 236 g/mol. The highest BCUT2D eigenvalue weighted by molar-refractivity contribution is 5.86. The van der Waals surface area contributed by atoms with Gasteiger partial charge < -0.3 is 15.5 Å². The van der Waals surface area contributed by atoms with Crippen molar-refractivity contribution in [1.82, 2.24) is 5.32 Å². The zero-order valence-electron chi connectivity index (χ0n) is 10.6. The lowest BCUT2D eigenvalue weighted by atomic mass is 9.96. The topological polar surface area (TPSA) is 68.3 Å². The van der Waals surface area contributed by atoms with Gasteiger partial charge in [0.05, 0.1) is 11.6 Å². The first-order chi connectivity index (χ1) is 7.91. The fourth-order valence-corrected chi connectivity index (χ4v) is 1.98. The third-order valence-electron chi connectivity index (χ3n) is 3.45. The van der Waals surface area contributed by atoms with Gasteiger partial charge in [-0.2, -0.15) is 0 Å². The predicted molar refractivity (Wildman–Crippen MR) is 65.3 cm³/mol. The quantitative estimate of drug-likeness (QED) is 0.838. The molecular weight excluding hydrogens is 216 g/mol. The number of furan rings is 1. The Labute approximate surface area is 102 Å². The second kappa shape index (κ2) is 4.18. The van der Waals surface area contributed by atoms with E-state index < -0.39 is 5.54 Å².